The van der Waals surface area contributed by atoms with Crippen molar-refractivity contribution in [1.29, 1.82) is 0 Å². The Hall–Kier alpha value is -13.0. The summed E-state index contributed by atoms with van der Waals surface area (Å²) >= 11 is 8.37. The number of aliphatic hydroxyl groups excluding tert-OH is 1. The van der Waals surface area contributed by atoms with E-state index < -0.39 is 228 Å². The molecule has 50 heteroatoms. The smallest absolute Gasteiger partial charge is 0.408 e. The summed E-state index contributed by atoms with van der Waals surface area (Å²) in [5, 5.41) is 76.1. The van der Waals surface area contributed by atoms with Gasteiger partial charge in [0.25, 0.3) is 0 Å². The summed E-state index contributed by atoms with van der Waals surface area (Å²) in [6.45, 7) is 14.5. The van der Waals surface area contributed by atoms with Crippen molar-refractivity contribution >= 4 is 154 Å². The van der Waals surface area contributed by atoms with Crippen LogP contribution in [0.3, 0.4) is 0 Å². The van der Waals surface area contributed by atoms with Crippen molar-refractivity contribution in [3.05, 3.63) is 114 Å². The van der Waals surface area contributed by atoms with Crippen LogP contribution in [0.5, 0.6) is 5.75 Å². The van der Waals surface area contributed by atoms with E-state index in [1.165, 1.54) is 25.1 Å². The zero-order chi connectivity index (χ0) is 107. The van der Waals surface area contributed by atoms with Gasteiger partial charge in [-0.05, 0) is 129 Å². The lowest BCUT2D eigenvalue weighted by atomic mass is 9.93. The molecule has 0 saturated carbocycles. The number of nitrogens with one attached hydrogen (secondary N) is 16. The van der Waals surface area contributed by atoms with Gasteiger partial charge in [-0.2, -0.15) is 25.3 Å². The molecule has 2 heterocycles. The van der Waals surface area contributed by atoms with E-state index in [2.05, 4.69) is 116 Å². The zero-order valence-corrected chi connectivity index (χ0v) is 84.1. The standard InChI is InChI=1S/C95H138FN17O30S2/c1-10-29-142-95(135)111-72(40-81(121)122)89(128)109-73(46-144)91(130)104-56(8)85(124)102-42-60(34-61-43-99-66-19-13-11-17-63(61)66)38-78(117)105-68(21-15-16-28-98-76(115)36-58-22-24-75(65(96)35-58)143-82(123)26-30-136-48-138-50-140-52-141-51-139-49-137-31-27-97)86(125)103-41-59(32-53(2)3)37-77(116)101-45-79(118)106-69(23-25-80(119)120)87(126)107-70(33-54(4)5)90(129)112-83(55(6)7)93(132)108-71(39-62-44-100-67-20-14-12-18-64(62)67)88(127)110-74(47-145)92(131)113-84(57(9)114)94(133)134/h10-14,17-20,22,24,35,43-44,53-57,59-60,68-74,83-84,99-100,114,144-145H,1,15-16,21,23,25-34,36-42,45-52,97H2,2-9H3,(H,98,115)(H,101,116)(H,102,124)(H,103,125)(H,104,130)(H,105,117)(H,106,118)(H,107,126)(H,108,132)(H,109,128)(H,110,127)(H,111,135)(H,112,129)(H,113,131)(H,119,120)(H,121,122)(H,133,134)/t56-,57+,59-,60-,68-,69-,70-,71-,72-,73-,74-,83-,84-/m0/s1. The number of hydrogen-bond donors (Lipinski definition) is 23. The molecule has 802 valence electrons. The number of rotatable bonds is 72. The Morgan fingerprint density at radius 1 is 0.476 bits per heavy atom. The summed E-state index contributed by atoms with van der Waals surface area (Å²) < 4.78 is 56.0. The van der Waals surface area contributed by atoms with Crippen molar-refractivity contribution < 1.29 is 149 Å². The highest BCUT2D eigenvalue weighted by atomic mass is 32.1. The molecule has 0 unspecified atom stereocenters. The number of carboxylic acids is 3. The molecule has 0 spiro atoms. The second-order valence-corrected chi connectivity index (χ2v) is 36.0. The summed E-state index contributed by atoms with van der Waals surface area (Å²) in [5.41, 5.74) is 8.23. The maximum absolute atomic E-state index is 15.3. The molecule has 0 aliphatic rings. The van der Waals surface area contributed by atoms with Gasteiger partial charge in [-0.15, -0.1) is 0 Å². The van der Waals surface area contributed by atoms with E-state index in [9.17, 15) is 107 Å². The average Bonchev–Trinajstić information content (AvgIpc) is 1.72. The maximum Gasteiger partial charge on any atom is 0.408 e. The Morgan fingerprint density at radius 2 is 0.993 bits per heavy atom. The van der Waals surface area contributed by atoms with Gasteiger partial charge < -0.3 is 148 Å². The summed E-state index contributed by atoms with van der Waals surface area (Å²) in [4.78, 5) is 249. The lowest BCUT2D eigenvalue weighted by molar-refractivity contribution is -0.205. The fraction of sp³-hybridized carbons (Fsp3) is 0.558. The second kappa shape index (κ2) is 66.1. The summed E-state index contributed by atoms with van der Waals surface area (Å²) in [5.74, 6) is -21.1. The molecule has 5 aromatic rings. The molecule has 3 aromatic carbocycles. The molecule has 0 aliphatic heterocycles. The average molecular weight is 2080 g/mol. The van der Waals surface area contributed by atoms with Crippen LogP contribution >= 0.6 is 25.3 Å². The van der Waals surface area contributed by atoms with Crippen molar-refractivity contribution in [3.8, 4) is 5.75 Å². The van der Waals surface area contributed by atoms with Crippen LogP contribution in [-0.2, 0) is 134 Å². The molecule has 0 saturated heterocycles. The van der Waals surface area contributed by atoms with E-state index in [-0.39, 0.29) is 160 Å². The molecular formula is C95H138FN17O30S2. The molecular weight excluding hydrogens is 1940 g/mol. The van der Waals surface area contributed by atoms with Crippen LogP contribution in [-0.4, -0.2) is 302 Å². The highest BCUT2D eigenvalue weighted by molar-refractivity contribution is 7.80. The normalized spacial score (nSPS) is 14.0. The van der Waals surface area contributed by atoms with Crippen molar-refractivity contribution in [2.24, 2.45) is 35.3 Å². The van der Waals surface area contributed by atoms with Gasteiger partial charge in [0, 0.05) is 97.6 Å². The van der Waals surface area contributed by atoms with Crippen molar-refractivity contribution in [2.75, 3.05) is 98.0 Å². The first-order chi connectivity index (χ1) is 69.0. The van der Waals surface area contributed by atoms with Gasteiger partial charge in [-0.1, -0.05) is 96.7 Å². The minimum absolute atomic E-state index is 0.00568. The van der Waals surface area contributed by atoms with Gasteiger partial charge in [-0.3, -0.25) is 76.7 Å². The largest absolute Gasteiger partial charge is 0.481 e. The Balaban J connectivity index is 1.30. The van der Waals surface area contributed by atoms with Crippen LogP contribution in [0.25, 0.3) is 21.8 Å². The third kappa shape index (κ3) is 46.8. The van der Waals surface area contributed by atoms with E-state index in [0.717, 1.165) is 29.5 Å². The van der Waals surface area contributed by atoms with Crippen LogP contribution in [0.1, 0.15) is 143 Å². The minimum atomic E-state index is -1.77. The number of carboxylic acid groups (broad SMARTS) is 3. The third-order valence-corrected chi connectivity index (χ3v) is 22.6. The van der Waals surface area contributed by atoms with Gasteiger partial charge in [0.15, 0.2) is 38.0 Å². The van der Waals surface area contributed by atoms with E-state index >= 15 is 4.39 Å². The van der Waals surface area contributed by atoms with Crippen molar-refractivity contribution in [3.63, 3.8) is 0 Å². The fourth-order valence-electron chi connectivity index (χ4n) is 14.6. The van der Waals surface area contributed by atoms with Crippen LogP contribution in [0.2, 0.25) is 0 Å². The molecule has 47 nitrogen and oxygen atoms in total. The number of alkyl carbamates (subject to hydrolysis) is 1. The number of carbonyl (C=O) groups is 18. The van der Waals surface area contributed by atoms with E-state index in [1.807, 2.05) is 26.0 Å². The number of carbonyl (C=O) groups excluding carboxylic acids is 15. The zero-order valence-electron chi connectivity index (χ0n) is 82.3. The Labute approximate surface area is 848 Å². The first-order valence-corrected chi connectivity index (χ1v) is 48.5. The predicted molar refractivity (Wildman–Crippen MR) is 528 cm³/mol. The van der Waals surface area contributed by atoms with E-state index in [4.69, 9.17) is 43.6 Å². The number of halogens is 1. The molecule has 2 aromatic heterocycles. The molecule has 0 fully saturated rings. The first kappa shape index (κ1) is 123. The molecule has 14 amide bonds. The molecule has 13 atom stereocenters. The van der Waals surface area contributed by atoms with E-state index in [1.54, 1.807) is 76.5 Å². The number of fused-ring (bicyclic) bond motifs is 2. The van der Waals surface area contributed by atoms with Crippen molar-refractivity contribution in [1.82, 2.24) is 84.4 Å². The van der Waals surface area contributed by atoms with Gasteiger partial charge in [-0.25, -0.2) is 14.0 Å². The number of aromatic amines is 2. The predicted octanol–water partition coefficient (Wildman–Crippen LogP) is 0.682. The molecule has 5 rings (SSSR count). The number of nitrogens with two attached hydrogens (primary N) is 1. The van der Waals surface area contributed by atoms with Crippen LogP contribution in [0, 0.1) is 35.4 Å². The number of hydrogen-bond acceptors (Lipinski definition) is 30. The number of aliphatic carboxylic acids is 3. The summed E-state index contributed by atoms with van der Waals surface area (Å²) in [6.07, 6.45) is -1.03. The van der Waals surface area contributed by atoms with Crippen LogP contribution in [0.15, 0.2) is 91.8 Å². The maximum atomic E-state index is 15.3. The first-order valence-electron chi connectivity index (χ1n) is 47.2. The van der Waals surface area contributed by atoms with Gasteiger partial charge in [0.05, 0.1) is 45.1 Å². The number of H-pyrrole nitrogens is 2. The number of amides is 14. The number of aliphatic hydroxyl groups is 1. The second-order valence-electron chi connectivity index (χ2n) is 35.3. The molecule has 145 heavy (non-hydrogen) atoms. The van der Waals surface area contributed by atoms with E-state index in [0.29, 0.717) is 36.0 Å². The van der Waals surface area contributed by atoms with Crippen LogP contribution in [0.4, 0.5) is 9.18 Å². The van der Waals surface area contributed by atoms with Gasteiger partial charge >= 0.3 is 30.0 Å². The topological polar surface area (TPSA) is 688 Å². The van der Waals surface area contributed by atoms with Crippen LogP contribution < -0.4 is 84.9 Å². The highest BCUT2D eigenvalue weighted by Gasteiger charge is 2.38. The summed E-state index contributed by atoms with van der Waals surface area (Å²) in [7, 11) is 0. The lowest BCUT2D eigenvalue weighted by Crippen LogP contribution is -2.61. The SMILES string of the molecule is C=CCOC(=O)N[C@@H](CC(=O)O)C(=O)N[C@@H](CS)C(=O)N[C@@H](C)C(=O)NC[C@H](CC(=O)N[C@@H](CCCCNC(=O)Cc1ccc(OC(=O)CCOCOCOCOCOCOCCN)c(F)c1)C(=O)NC[C@H](CC(=O)NCC(=O)N[C@@H](CCC(=O)O)C(=O)N[C@@H](CC(C)C)C(=O)N[C@H](C(=O)N[C@@H](Cc1c[nH]c2ccccc12)C(=O)N[C@@H](CS)C(=O)N[C@H](C(=O)O)[C@@H](C)O)C(C)C)CC(C)C)Cc1c[nH]c2ccccc12. The third-order valence-electron chi connectivity index (χ3n) is 21.9. The number of esters is 1. The molecule has 0 aliphatic carbocycles. The lowest BCUT2D eigenvalue weighted by Gasteiger charge is -2.29. The Bertz CT molecular complexity index is 5110. The number of ether oxygens (including phenoxy) is 8. The summed E-state index contributed by atoms with van der Waals surface area (Å²) in [6, 6.07) is 2.78. The highest BCUT2D eigenvalue weighted by Crippen LogP contribution is 2.26. The van der Waals surface area contributed by atoms with Crippen molar-refractivity contribution in [2.45, 2.75) is 212 Å². The number of benzene rings is 3. The number of unbranched alkanes of at least 4 members (excludes halogenated alkanes) is 1. The molecule has 0 radical (unpaired) electrons. The Morgan fingerprint density at radius 3 is 1.56 bits per heavy atom. The monoisotopic (exact) mass is 2080 g/mol. The number of thiol groups is 2. The molecule has 22 N–H and O–H groups in total. The Kier molecular flexibility index (Phi) is 55.9. The fourth-order valence-corrected chi connectivity index (χ4v) is 15.2. The van der Waals surface area contributed by atoms with Gasteiger partial charge in [0.1, 0.15) is 74.6 Å². The number of aromatic nitrogens is 2. The molecule has 0 bridgehead atoms. The van der Waals surface area contributed by atoms with Gasteiger partial charge in [0.2, 0.25) is 76.8 Å². The minimum Gasteiger partial charge on any atom is -0.481 e. The number of para-hydroxylation sites is 2. The quantitative estimate of drug-likeness (QED) is 0.00635.